The second-order valence-corrected chi connectivity index (χ2v) is 12.2. The molecule has 0 aliphatic heterocycles. The Morgan fingerprint density at radius 3 is 2.00 bits per heavy atom. The van der Waals surface area contributed by atoms with Gasteiger partial charge in [0, 0.05) is 27.7 Å². The lowest BCUT2D eigenvalue weighted by atomic mass is 10.1. The fourth-order valence-corrected chi connectivity index (χ4v) is 5.14. The van der Waals surface area contributed by atoms with Gasteiger partial charge in [0.1, 0.15) is 12.6 Å². The monoisotopic (exact) mass is 561 g/mol. The van der Waals surface area contributed by atoms with Crippen molar-refractivity contribution >= 4 is 62.3 Å². The van der Waals surface area contributed by atoms with Gasteiger partial charge < -0.3 is 10.2 Å². The van der Waals surface area contributed by atoms with Crippen LogP contribution in [0.3, 0.4) is 0 Å². The first-order chi connectivity index (χ1) is 16.2. The first-order valence-electron chi connectivity index (χ1n) is 10.9. The molecule has 2 aromatic rings. The number of carbonyl (C=O) groups excluding carboxylic acids is 2. The fourth-order valence-electron chi connectivity index (χ4n) is 3.47. The van der Waals surface area contributed by atoms with Crippen molar-refractivity contribution in [2.75, 3.05) is 17.1 Å². The zero-order chi connectivity index (χ0) is 26.6. The van der Waals surface area contributed by atoms with Gasteiger partial charge >= 0.3 is 0 Å². The van der Waals surface area contributed by atoms with Crippen LogP contribution in [0.5, 0.6) is 0 Å². The molecule has 0 bridgehead atoms. The summed E-state index contributed by atoms with van der Waals surface area (Å²) in [6.07, 6.45) is 1.27. The first kappa shape index (κ1) is 29.2. The normalized spacial score (nSPS) is 12.7. The predicted molar refractivity (Wildman–Crippen MR) is 143 cm³/mol. The molecule has 1 N–H and O–H groups in total. The minimum atomic E-state index is -3.89. The van der Waals surface area contributed by atoms with Crippen LogP contribution in [-0.4, -0.2) is 49.5 Å². The molecule has 0 heterocycles. The van der Waals surface area contributed by atoms with Gasteiger partial charge in [0.05, 0.1) is 17.0 Å². The number of amides is 2. The van der Waals surface area contributed by atoms with Gasteiger partial charge in [-0.15, -0.1) is 0 Å². The standard InChI is InChI=1S/C24H30Cl3N3O4S/c1-6-20(23(32)28-24(2,3)4)29(14-16-17(25)11-9-12-18(16)26)22(31)15-30(35(5,33)34)21-13-8-7-10-19(21)27/h7-13,20H,6,14-15H2,1-5H3,(H,28,32). The third-order valence-corrected chi connectivity index (χ3v) is 7.23. The van der Waals surface area contributed by atoms with Gasteiger partial charge in [0.15, 0.2) is 0 Å². The maximum Gasteiger partial charge on any atom is 0.244 e. The molecule has 0 radical (unpaired) electrons. The molecule has 35 heavy (non-hydrogen) atoms. The minimum Gasteiger partial charge on any atom is -0.350 e. The topological polar surface area (TPSA) is 86.8 Å². The van der Waals surface area contributed by atoms with Crippen LogP contribution in [-0.2, 0) is 26.2 Å². The number of hydrogen-bond acceptors (Lipinski definition) is 4. The van der Waals surface area contributed by atoms with Crippen LogP contribution in [0.25, 0.3) is 0 Å². The van der Waals surface area contributed by atoms with Gasteiger partial charge in [0.25, 0.3) is 0 Å². The molecule has 0 spiro atoms. The molecule has 1 atom stereocenters. The van der Waals surface area contributed by atoms with E-state index in [0.717, 1.165) is 10.6 Å². The summed E-state index contributed by atoms with van der Waals surface area (Å²) in [6, 6.07) is 10.4. The van der Waals surface area contributed by atoms with E-state index in [2.05, 4.69) is 5.32 Å². The number of rotatable bonds is 9. The Hall–Kier alpha value is -2.00. The molecule has 0 saturated heterocycles. The summed E-state index contributed by atoms with van der Waals surface area (Å²) in [6.45, 7) is 6.60. The van der Waals surface area contributed by atoms with Crippen molar-refractivity contribution in [2.24, 2.45) is 0 Å². The Bertz CT molecular complexity index is 1160. The average molecular weight is 563 g/mol. The van der Waals surface area contributed by atoms with E-state index in [4.69, 9.17) is 34.8 Å². The van der Waals surface area contributed by atoms with Crippen molar-refractivity contribution in [3.8, 4) is 0 Å². The molecule has 11 heteroatoms. The van der Waals surface area contributed by atoms with Crippen LogP contribution in [0.15, 0.2) is 42.5 Å². The van der Waals surface area contributed by atoms with Gasteiger partial charge in [0.2, 0.25) is 21.8 Å². The summed E-state index contributed by atoms with van der Waals surface area (Å²) in [5, 5.41) is 3.72. The fraction of sp³-hybridized carbons (Fsp3) is 0.417. The van der Waals surface area contributed by atoms with Crippen molar-refractivity contribution in [3.05, 3.63) is 63.1 Å². The number of sulfonamides is 1. The average Bonchev–Trinajstić information content (AvgIpc) is 2.72. The lowest BCUT2D eigenvalue weighted by Gasteiger charge is -2.35. The van der Waals surface area contributed by atoms with Crippen molar-refractivity contribution in [1.29, 1.82) is 0 Å². The van der Waals surface area contributed by atoms with Gasteiger partial charge in [-0.1, -0.05) is 59.9 Å². The molecule has 7 nitrogen and oxygen atoms in total. The van der Waals surface area contributed by atoms with E-state index >= 15 is 0 Å². The van der Waals surface area contributed by atoms with Gasteiger partial charge in [-0.25, -0.2) is 8.42 Å². The molecule has 0 aliphatic rings. The zero-order valence-corrected chi connectivity index (χ0v) is 23.4. The van der Waals surface area contributed by atoms with Crippen LogP contribution in [0.2, 0.25) is 15.1 Å². The smallest absolute Gasteiger partial charge is 0.244 e. The first-order valence-corrected chi connectivity index (χ1v) is 13.9. The molecule has 192 valence electrons. The third-order valence-electron chi connectivity index (χ3n) is 5.07. The second-order valence-electron chi connectivity index (χ2n) is 9.11. The Morgan fingerprint density at radius 1 is 0.971 bits per heavy atom. The number of hydrogen-bond donors (Lipinski definition) is 1. The summed E-state index contributed by atoms with van der Waals surface area (Å²) in [5.74, 6) is -0.984. The summed E-state index contributed by atoms with van der Waals surface area (Å²) in [5.41, 5.74) is 0.0696. The van der Waals surface area contributed by atoms with E-state index < -0.39 is 34.1 Å². The predicted octanol–water partition coefficient (Wildman–Crippen LogP) is 5.13. The third kappa shape index (κ3) is 8.00. The molecular weight excluding hydrogens is 533 g/mol. The number of benzene rings is 2. The zero-order valence-electron chi connectivity index (χ0n) is 20.3. The van der Waals surface area contributed by atoms with Gasteiger partial charge in [-0.05, 0) is 51.5 Å². The molecule has 0 aromatic heterocycles. The van der Waals surface area contributed by atoms with E-state index in [1.54, 1.807) is 37.3 Å². The number of carbonyl (C=O) groups is 2. The number of nitrogens with zero attached hydrogens (tertiary/aromatic N) is 2. The maximum absolute atomic E-state index is 13.7. The van der Waals surface area contributed by atoms with Crippen molar-refractivity contribution in [2.45, 2.75) is 52.2 Å². The number of anilines is 1. The second kappa shape index (κ2) is 11.8. The largest absolute Gasteiger partial charge is 0.350 e. The Balaban J connectivity index is 2.54. The van der Waals surface area contributed by atoms with Crippen LogP contribution in [0.4, 0.5) is 5.69 Å². The van der Waals surface area contributed by atoms with Crippen LogP contribution in [0.1, 0.15) is 39.7 Å². The molecule has 2 rings (SSSR count). The molecule has 0 fully saturated rings. The highest BCUT2D eigenvalue weighted by Crippen LogP contribution is 2.29. The summed E-state index contributed by atoms with van der Waals surface area (Å²) >= 11 is 19.0. The van der Waals surface area contributed by atoms with Crippen molar-refractivity contribution < 1.29 is 18.0 Å². The van der Waals surface area contributed by atoms with Crippen LogP contribution >= 0.6 is 34.8 Å². The minimum absolute atomic E-state index is 0.0897. The van der Waals surface area contributed by atoms with E-state index in [0.29, 0.717) is 15.6 Å². The Labute approximate surface area is 222 Å². The SMILES string of the molecule is CCC(C(=O)NC(C)(C)C)N(Cc1c(Cl)cccc1Cl)C(=O)CN(c1ccccc1Cl)S(C)(=O)=O. The summed E-state index contributed by atoms with van der Waals surface area (Å²) in [7, 11) is -3.89. The van der Waals surface area contributed by atoms with Crippen LogP contribution in [0, 0.1) is 0 Å². The van der Waals surface area contributed by atoms with E-state index in [1.807, 2.05) is 20.8 Å². The molecule has 0 saturated carbocycles. The highest BCUT2D eigenvalue weighted by molar-refractivity contribution is 7.92. The molecule has 2 aromatic carbocycles. The number of halogens is 3. The highest BCUT2D eigenvalue weighted by atomic mass is 35.5. The lowest BCUT2D eigenvalue weighted by Crippen LogP contribution is -2.55. The Kier molecular flexibility index (Phi) is 9.87. The summed E-state index contributed by atoms with van der Waals surface area (Å²) < 4.78 is 26.2. The van der Waals surface area contributed by atoms with E-state index in [1.165, 1.54) is 17.0 Å². The molecular formula is C24H30Cl3N3O4S. The maximum atomic E-state index is 13.7. The number of nitrogens with one attached hydrogen (secondary N) is 1. The van der Waals surface area contributed by atoms with Crippen LogP contribution < -0.4 is 9.62 Å². The van der Waals surface area contributed by atoms with Gasteiger partial charge in [-0.3, -0.25) is 13.9 Å². The van der Waals surface area contributed by atoms with Crippen molar-refractivity contribution in [1.82, 2.24) is 10.2 Å². The van der Waals surface area contributed by atoms with Gasteiger partial charge in [-0.2, -0.15) is 0 Å². The molecule has 2 amide bonds. The summed E-state index contributed by atoms with van der Waals surface area (Å²) in [4.78, 5) is 28.2. The van der Waals surface area contributed by atoms with E-state index in [-0.39, 0.29) is 29.6 Å². The quantitative estimate of drug-likeness (QED) is 0.459. The molecule has 1 unspecified atom stereocenters. The molecule has 0 aliphatic carbocycles. The van der Waals surface area contributed by atoms with Crippen molar-refractivity contribution in [3.63, 3.8) is 0 Å². The Morgan fingerprint density at radius 2 is 1.51 bits per heavy atom. The number of para-hydroxylation sites is 1. The van der Waals surface area contributed by atoms with E-state index in [9.17, 15) is 18.0 Å². The lowest BCUT2D eigenvalue weighted by molar-refractivity contribution is -0.141. The highest BCUT2D eigenvalue weighted by Gasteiger charge is 2.34.